The lowest BCUT2D eigenvalue weighted by atomic mass is 10.2. The third kappa shape index (κ3) is 14.8. The van der Waals surface area contributed by atoms with Gasteiger partial charge in [-0.15, -0.1) is 0 Å². The van der Waals surface area contributed by atoms with Crippen LogP contribution in [0.5, 0.6) is 0 Å². The van der Waals surface area contributed by atoms with Gasteiger partial charge in [-0.2, -0.15) is 0 Å². The topological polar surface area (TPSA) is 104 Å². The molecule has 0 saturated carbocycles. The average molecular weight is 341 g/mol. The Bertz CT molecular complexity index is 476. The highest BCUT2D eigenvalue weighted by molar-refractivity contribution is 5.71. The Morgan fingerprint density at radius 1 is 1.08 bits per heavy atom. The lowest BCUT2D eigenvalue weighted by Crippen LogP contribution is -2.45. The number of nitrogens with zero attached hydrogens (tertiary/aromatic N) is 1. The van der Waals surface area contributed by atoms with Gasteiger partial charge >= 0.3 is 11.9 Å². The van der Waals surface area contributed by atoms with E-state index >= 15 is 0 Å². The summed E-state index contributed by atoms with van der Waals surface area (Å²) in [7, 11) is 5.65. The molecule has 24 heavy (non-hydrogen) atoms. The van der Waals surface area contributed by atoms with Crippen LogP contribution in [0.4, 0.5) is 0 Å². The zero-order valence-electron chi connectivity index (χ0n) is 14.6. The number of rotatable bonds is 12. The van der Waals surface area contributed by atoms with Crippen LogP contribution in [-0.4, -0.2) is 61.3 Å². The first-order valence-corrected chi connectivity index (χ1v) is 7.83. The Hall–Kier alpha value is -2.15. The molecule has 0 spiro atoms. The van der Waals surface area contributed by atoms with Crippen LogP contribution in [0.15, 0.2) is 24.3 Å². The predicted octanol–water partition coefficient (Wildman–Crippen LogP) is 0.502. The quantitative estimate of drug-likeness (QED) is 0.315. The van der Waals surface area contributed by atoms with Crippen LogP contribution >= 0.6 is 0 Å². The fourth-order valence-corrected chi connectivity index (χ4v) is 1.94. The molecule has 7 nitrogen and oxygen atoms in total. The zero-order chi connectivity index (χ0) is 18.6. The van der Waals surface area contributed by atoms with Crippen molar-refractivity contribution in [3.63, 3.8) is 0 Å². The second kappa shape index (κ2) is 11.4. The second-order valence-corrected chi connectivity index (χ2v) is 6.49. The minimum Gasteiger partial charge on any atom is -0.550 e. The molecule has 0 aromatic carbocycles. The molecule has 0 saturated heterocycles. The Kier molecular flexibility index (Phi) is 10.4. The number of carbonyl (C=O) groups is 3. The number of esters is 1. The van der Waals surface area contributed by atoms with Crippen molar-refractivity contribution in [3.8, 4) is 0 Å². The van der Waals surface area contributed by atoms with Gasteiger partial charge in [-0.1, -0.05) is 24.3 Å². The highest BCUT2D eigenvalue weighted by Gasteiger charge is 2.22. The number of hydrogen-bond donors (Lipinski definition) is 1. The standard InChI is InChI=1S/C17H27NO6/c1-18(2,3)13-14(12-16(21)22)24-17(23)11-9-7-5-4-6-8-10-15(19)20/h4-7,14H,8-13H2,1-3H3,(H-,19,20,21,22)/b6-4+,7-5+. The van der Waals surface area contributed by atoms with Gasteiger partial charge in [0.2, 0.25) is 0 Å². The van der Waals surface area contributed by atoms with Gasteiger partial charge in [-0.25, -0.2) is 0 Å². The van der Waals surface area contributed by atoms with Crippen molar-refractivity contribution >= 4 is 17.9 Å². The lowest BCUT2D eigenvalue weighted by Gasteiger charge is -2.29. The highest BCUT2D eigenvalue weighted by Crippen LogP contribution is 2.07. The monoisotopic (exact) mass is 341 g/mol. The fourth-order valence-electron chi connectivity index (χ4n) is 1.94. The molecule has 0 amide bonds. The smallest absolute Gasteiger partial charge is 0.306 e. The Morgan fingerprint density at radius 3 is 2.08 bits per heavy atom. The maximum Gasteiger partial charge on any atom is 0.306 e. The maximum atomic E-state index is 11.8. The van der Waals surface area contributed by atoms with Gasteiger partial charge in [0.25, 0.3) is 0 Å². The highest BCUT2D eigenvalue weighted by atomic mass is 16.5. The SMILES string of the molecule is C[N+](C)(C)CC(CC(=O)[O-])OC(=O)CC/C=C/C=C/CCC(=O)O. The van der Waals surface area contributed by atoms with Crippen molar-refractivity contribution in [1.82, 2.24) is 0 Å². The largest absolute Gasteiger partial charge is 0.550 e. The van der Waals surface area contributed by atoms with Gasteiger partial charge < -0.3 is 24.2 Å². The van der Waals surface area contributed by atoms with Gasteiger partial charge in [0, 0.05) is 25.2 Å². The van der Waals surface area contributed by atoms with Crippen molar-refractivity contribution in [1.29, 1.82) is 0 Å². The predicted molar refractivity (Wildman–Crippen MR) is 86.8 cm³/mol. The van der Waals surface area contributed by atoms with E-state index in [1.165, 1.54) is 0 Å². The van der Waals surface area contributed by atoms with Crippen molar-refractivity contribution in [2.45, 2.75) is 38.2 Å². The summed E-state index contributed by atoms with van der Waals surface area (Å²) in [6, 6.07) is 0. The van der Waals surface area contributed by atoms with Crippen molar-refractivity contribution in [3.05, 3.63) is 24.3 Å². The van der Waals surface area contributed by atoms with E-state index in [2.05, 4.69) is 0 Å². The number of carbonyl (C=O) groups excluding carboxylic acids is 2. The molecule has 7 heteroatoms. The van der Waals surface area contributed by atoms with Crippen LogP contribution in [-0.2, 0) is 19.1 Å². The van der Waals surface area contributed by atoms with Gasteiger partial charge in [0.1, 0.15) is 6.54 Å². The van der Waals surface area contributed by atoms with E-state index in [4.69, 9.17) is 9.84 Å². The molecule has 0 aliphatic carbocycles. The van der Waals surface area contributed by atoms with Crippen molar-refractivity contribution in [2.24, 2.45) is 0 Å². The van der Waals surface area contributed by atoms with Crippen LogP contribution in [0.3, 0.4) is 0 Å². The number of ether oxygens (including phenoxy) is 1. The second-order valence-electron chi connectivity index (χ2n) is 6.49. The van der Waals surface area contributed by atoms with E-state index in [-0.39, 0.29) is 19.3 Å². The Labute approximate surface area is 142 Å². The summed E-state index contributed by atoms with van der Waals surface area (Å²) in [5.74, 6) is -2.53. The first-order valence-electron chi connectivity index (χ1n) is 7.83. The molecule has 0 fully saturated rings. The van der Waals surface area contributed by atoms with Crippen LogP contribution in [0.2, 0.25) is 0 Å². The molecule has 0 bridgehead atoms. The number of allylic oxidation sites excluding steroid dienone is 4. The van der Waals surface area contributed by atoms with Crippen molar-refractivity contribution < 1.29 is 33.8 Å². The number of aliphatic carboxylic acids is 2. The third-order valence-corrected chi connectivity index (χ3v) is 2.87. The van der Waals surface area contributed by atoms with Crippen LogP contribution in [0.1, 0.15) is 32.1 Å². The van der Waals surface area contributed by atoms with E-state index in [0.717, 1.165) is 0 Å². The molecular formula is C17H27NO6. The summed E-state index contributed by atoms with van der Waals surface area (Å²) < 4.78 is 5.69. The van der Waals surface area contributed by atoms with E-state index in [1.54, 1.807) is 24.3 Å². The van der Waals surface area contributed by atoms with Crippen molar-refractivity contribution in [2.75, 3.05) is 27.7 Å². The van der Waals surface area contributed by atoms with Gasteiger partial charge in [0.05, 0.1) is 21.1 Å². The molecule has 1 unspecified atom stereocenters. The molecular weight excluding hydrogens is 314 g/mol. The number of likely N-dealkylation sites (N-methyl/N-ethyl adjacent to an activating group) is 1. The van der Waals surface area contributed by atoms with Gasteiger partial charge in [-0.05, 0) is 12.8 Å². The zero-order valence-corrected chi connectivity index (χ0v) is 14.6. The molecule has 0 aliphatic heterocycles. The summed E-state index contributed by atoms with van der Waals surface area (Å²) in [6.45, 7) is 0.391. The maximum absolute atomic E-state index is 11.8. The fraction of sp³-hybridized carbons (Fsp3) is 0.588. The normalized spacial score (nSPS) is 13.3. The van der Waals surface area contributed by atoms with E-state index in [0.29, 0.717) is 23.9 Å². The first kappa shape index (κ1) is 21.9. The Balaban J connectivity index is 4.15. The third-order valence-electron chi connectivity index (χ3n) is 2.87. The minimum absolute atomic E-state index is 0.0861. The average Bonchev–Trinajstić information content (AvgIpc) is 2.38. The van der Waals surface area contributed by atoms with Gasteiger partial charge in [-0.3, -0.25) is 9.59 Å². The number of carboxylic acid groups (broad SMARTS) is 2. The van der Waals surface area contributed by atoms with E-state index in [1.807, 2.05) is 21.1 Å². The minimum atomic E-state index is -1.24. The summed E-state index contributed by atoms with van der Waals surface area (Å²) in [4.78, 5) is 32.8. The molecule has 0 aromatic rings. The summed E-state index contributed by atoms with van der Waals surface area (Å²) in [6.07, 6.45) is 7.10. The number of carboxylic acids is 2. The molecule has 0 aromatic heterocycles. The number of quaternary nitrogens is 1. The first-order chi connectivity index (χ1) is 11.1. The lowest BCUT2D eigenvalue weighted by molar-refractivity contribution is -0.873. The van der Waals surface area contributed by atoms with E-state index < -0.39 is 24.0 Å². The molecule has 0 radical (unpaired) electrons. The van der Waals surface area contributed by atoms with Crippen LogP contribution in [0.25, 0.3) is 0 Å². The molecule has 1 N–H and O–H groups in total. The number of hydrogen-bond acceptors (Lipinski definition) is 5. The molecule has 1 atom stereocenters. The summed E-state index contributed by atoms with van der Waals surface area (Å²) >= 11 is 0. The molecule has 0 heterocycles. The summed E-state index contributed by atoms with van der Waals surface area (Å²) in [5, 5.41) is 19.2. The molecule has 0 aliphatic rings. The summed E-state index contributed by atoms with van der Waals surface area (Å²) in [5.41, 5.74) is 0. The Morgan fingerprint density at radius 2 is 1.62 bits per heavy atom. The van der Waals surface area contributed by atoms with Crippen LogP contribution < -0.4 is 5.11 Å². The van der Waals surface area contributed by atoms with Gasteiger partial charge in [0.15, 0.2) is 6.10 Å². The van der Waals surface area contributed by atoms with E-state index in [9.17, 15) is 19.5 Å². The molecule has 136 valence electrons. The van der Waals surface area contributed by atoms with Crippen LogP contribution in [0, 0.1) is 0 Å². The molecule has 0 rings (SSSR count).